The van der Waals surface area contributed by atoms with Crippen molar-refractivity contribution in [1.82, 2.24) is 25.8 Å². The van der Waals surface area contributed by atoms with Gasteiger partial charge in [-0.15, -0.1) is 11.3 Å². The molecule has 3 aromatic carbocycles. The van der Waals surface area contributed by atoms with Crippen molar-refractivity contribution in [2.24, 2.45) is 16.2 Å². The number of carbonyl (C=O) groups is 4. The molecule has 4 amide bonds. The van der Waals surface area contributed by atoms with Crippen LogP contribution in [-0.2, 0) is 19.1 Å². The maximum absolute atomic E-state index is 14.1. The van der Waals surface area contributed by atoms with Crippen molar-refractivity contribution in [3.8, 4) is 28.0 Å². The van der Waals surface area contributed by atoms with Crippen LogP contribution in [-0.4, -0.2) is 95.3 Å². The van der Waals surface area contributed by atoms with Gasteiger partial charge in [-0.25, -0.2) is 4.98 Å². The van der Waals surface area contributed by atoms with Crippen LogP contribution in [0.2, 0.25) is 5.02 Å². The van der Waals surface area contributed by atoms with Crippen LogP contribution in [0.25, 0.3) is 10.4 Å². The molecular formula is C53H67ClN6O8S. The van der Waals surface area contributed by atoms with Gasteiger partial charge in [0, 0.05) is 48.1 Å². The maximum Gasteiger partial charge on any atom is 0.251 e. The molecule has 14 nitrogen and oxygen atoms in total. The van der Waals surface area contributed by atoms with Crippen LogP contribution in [0.15, 0.2) is 72.2 Å². The molecule has 1 aliphatic heterocycles. The Bertz CT molecular complexity index is 2460. The highest BCUT2D eigenvalue weighted by Gasteiger charge is 2.64. The number of likely N-dealkylation sites (tertiary alicyclic amines) is 1. The van der Waals surface area contributed by atoms with E-state index in [1.165, 1.54) is 4.90 Å². The average molecular weight is 984 g/mol. The summed E-state index contributed by atoms with van der Waals surface area (Å²) >= 11 is 7.82. The van der Waals surface area contributed by atoms with Crippen LogP contribution in [0.3, 0.4) is 0 Å². The number of aryl methyl sites for hydroxylation is 1. The Hall–Kier alpha value is -5.53. The van der Waals surface area contributed by atoms with E-state index < -0.39 is 46.2 Å². The molecule has 1 saturated carbocycles. The molecule has 16 heteroatoms. The molecule has 1 aliphatic carbocycles. The number of thiazole rings is 1. The Morgan fingerprint density at radius 3 is 2.23 bits per heavy atom. The lowest BCUT2D eigenvalue weighted by Crippen LogP contribution is -2.74. The van der Waals surface area contributed by atoms with Crippen molar-refractivity contribution in [2.45, 2.75) is 131 Å². The zero-order valence-corrected chi connectivity index (χ0v) is 42.8. The number of unbranched alkanes of at least 4 members (excludes halogenated alkanes) is 2. The Balaban J connectivity index is 0.896. The first-order chi connectivity index (χ1) is 32.6. The fraction of sp³-hybridized carbons (Fsp3) is 0.509. The number of hydrogen-bond acceptors (Lipinski definition) is 11. The molecule has 6 rings (SSSR count). The van der Waals surface area contributed by atoms with Gasteiger partial charge in [0.2, 0.25) is 17.7 Å². The third-order valence-electron chi connectivity index (χ3n) is 13.3. The first-order valence-electron chi connectivity index (χ1n) is 23.7. The molecule has 4 atom stereocenters. The lowest BCUT2D eigenvalue weighted by molar-refractivity contribution is -0.164. The van der Waals surface area contributed by atoms with E-state index in [-0.39, 0.29) is 49.6 Å². The molecule has 0 spiro atoms. The number of nitrogens with one attached hydrogen (secondary N) is 3. The number of hydrogen-bond donors (Lipinski definition) is 4. The van der Waals surface area contributed by atoms with Crippen molar-refractivity contribution in [3.63, 3.8) is 0 Å². The number of halogens is 1. The van der Waals surface area contributed by atoms with E-state index in [0.29, 0.717) is 53.7 Å². The number of nitrogens with zero attached hydrogens (tertiary/aromatic N) is 3. The number of nitriles is 1. The Kier molecular flexibility index (Phi) is 17.2. The lowest BCUT2D eigenvalue weighted by Gasteiger charge is -2.63. The standard InChI is InChI=1S/C53H67ClN6O8S/c1-10-41(33-14-16-34(17-15-33)44-32(2)56-31-69-44)57-47(64)42-26-37(61)29-60(42)48(65)45(51(3,4)5)58-43(62)30-66-24-12-11-13-25-67-38-21-18-35(19-22-38)46(63)59-49-52(6,7)50(53(49,8)9)68-39-23-20-36(28-55)40(54)27-39/h14-23,27,31,37,41-42,45,49-50,61H,10-13,24-26,29-30H2,1-9H3,(H,57,64)(H,58,62)(H,59,63)/t37-,41+,42+,45-,49?,50?/m1/s1. The minimum absolute atomic E-state index is 0.0162. The normalized spacial score (nSPS) is 20.2. The summed E-state index contributed by atoms with van der Waals surface area (Å²) in [6.45, 7) is 18.3. The van der Waals surface area contributed by atoms with E-state index >= 15 is 0 Å². The van der Waals surface area contributed by atoms with E-state index in [2.05, 4.69) is 54.7 Å². The fourth-order valence-electron chi connectivity index (χ4n) is 9.81. The number of rotatable bonds is 20. The van der Waals surface area contributed by atoms with Crippen molar-refractivity contribution in [3.05, 3.63) is 99.6 Å². The molecule has 2 heterocycles. The zero-order valence-electron chi connectivity index (χ0n) is 41.2. The van der Waals surface area contributed by atoms with E-state index in [9.17, 15) is 29.5 Å². The van der Waals surface area contributed by atoms with Gasteiger partial charge in [0.05, 0.1) is 45.4 Å². The molecule has 69 heavy (non-hydrogen) atoms. The van der Waals surface area contributed by atoms with Gasteiger partial charge in [-0.05, 0) is 85.5 Å². The van der Waals surface area contributed by atoms with Gasteiger partial charge in [-0.3, -0.25) is 19.2 Å². The Morgan fingerprint density at radius 2 is 1.62 bits per heavy atom. The quantitative estimate of drug-likeness (QED) is 0.0624. The average Bonchev–Trinajstić information content (AvgIpc) is 3.93. The highest BCUT2D eigenvalue weighted by atomic mass is 35.5. The summed E-state index contributed by atoms with van der Waals surface area (Å²) in [5.41, 5.74) is 4.19. The molecule has 2 aliphatic rings. The molecule has 2 fully saturated rings. The van der Waals surface area contributed by atoms with E-state index in [0.717, 1.165) is 34.5 Å². The van der Waals surface area contributed by atoms with Gasteiger partial charge in [-0.2, -0.15) is 5.26 Å². The van der Waals surface area contributed by atoms with Gasteiger partial charge in [0.25, 0.3) is 5.91 Å². The molecule has 4 N–H and O–H groups in total. The van der Waals surface area contributed by atoms with Gasteiger partial charge in [0.15, 0.2) is 0 Å². The smallest absolute Gasteiger partial charge is 0.251 e. The highest BCUT2D eigenvalue weighted by Crippen LogP contribution is 2.55. The summed E-state index contributed by atoms with van der Waals surface area (Å²) in [6.07, 6.45) is 1.85. The minimum Gasteiger partial charge on any atom is -0.494 e. The van der Waals surface area contributed by atoms with Gasteiger partial charge in [-0.1, -0.05) is 91.3 Å². The van der Waals surface area contributed by atoms with Crippen molar-refractivity contribution in [1.29, 1.82) is 5.26 Å². The summed E-state index contributed by atoms with van der Waals surface area (Å²) in [5, 5.41) is 29.4. The first-order valence-corrected chi connectivity index (χ1v) is 25.0. The third kappa shape index (κ3) is 12.6. The number of amides is 4. The molecule has 0 bridgehead atoms. The van der Waals surface area contributed by atoms with Crippen LogP contribution in [0.1, 0.15) is 121 Å². The van der Waals surface area contributed by atoms with Gasteiger partial charge < -0.3 is 40.2 Å². The predicted octanol–water partition coefficient (Wildman–Crippen LogP) is 8.58. The summed E-state index contributed by atoms with van der Waals surface area (Å²) < 4.78 is 18.0. The second-order valence-corrected chi connectivity index (χ2v) is 21.7. The summed E-state index contributed by atoms with van der Waals surface area (Å²) in [5.74, 6) is -0.208. The molecule has 1 saturated heterocycles. The fourth-order valence-corrected chi connectivity index (χ4v) is 10.8. The van der Waals surface area contributed by atoms with Crippen LogP contribution in [0.4, 0.5) is 0 Å². The molecule has 1 aromatic heterocycles. The van der Waals surface area contributed by atoms with Crippen molar-refractivity contribution >= 4 is 46.6 Å². The number of aromatic nitrogens is 1. The van der Waals surface area contributed by atoms with E-state index in [4.69, 9.17) is 25.8 Å². The summed E-state index contributed by atoms with van der Waals surface area (Å²) in [7, 11) is 0. The number of aliphatic hydroxyl groups is 1. The summed E-state index contributed by atoms with van der Waals surface area (Å²) in [4.78, 5) is 61.3. The second kappa shape index (κ2) is 22.5. The van der Waals surface area contributed by atoms with Crippen molar-refractivity contribution in [2.75, 3.05) is 26.4 Å². The predicted molar refractivity (Wildman–Crippen MR) is 267 cm³/mol. The maximum atomic E-state index is 14.1. The first kappa shape index (κ1) is 52.8. The molecule has 0 unspecified atom stereocenters. The van der Waals surface area contributed by atoms with Crippen LogP contribution < -0.4 is 25.4 Å². The van der Waals surface area contributed by atoms with Crippen LogP contribution >= 0.6 is 22.9 Å². The SMILES string of the molecule is CC[C@H](NC(=O)[C@@H]1C[C@@H](O)CN1C(=O)[C@@H](NC(=O)COCCCCCOc1ccc(C(=O)NC2C(C)(C)C(Oc3ccc(C#N)c(Cl)c3)C2(C)C)cc1)C(C)(C)C)c1ccc(-c2scnc2C)cc1. The Labute approximate surface area is 415 Å². The molecule has 4 aromatic rings. The lowest BCUT2D eigenvalue weighted by atomic mass is 9.49. The number of aliphatic hydroxyl groups excluding tert-OH is 1. The third-order valence-corrected chi connectivity index (χ3v) is 14.6. The largest absolute Gasteiger partial charge is 0.494 e. The van der Waals surface area contributed by atoms with Gasteiger partial charge >= 0.3 is 0 Å². The van der Waals surface area contributed by atoms with Crippen LogP contribution in [0, 0.1) is 34.5 Å². The zero-order chi connectivity index (χ0) is 50.3. The monoisotopic (exact) mass is 982 g/mol. The van der Waals surface area contributed by atoms with E-state index in [1.54, 1.807) is 53.8 Å². The van der Waals surface area contributed by atoms with Crippen LogP contribution in [0.5, 0.6) is 11.5 Å². The molecular weight excluding hydrogens is 916 g/mol. The number of β-amino-alcohol motifs (C(OH)–C–C–N with tert-alkyl or cyclic N) is 1. The second-order valence-electron chi connectivity index (χ2n) is 20.4. The number of benzene rings is 3. The number of carbonyl (C=O) groups excluding carboxylic acids is 4. The van der Waals surface area contributed by atoms with Gasteiger partial charge in [0.1, 0.15) is 42.4 Å². The number of ether oxygens (including phenoxy) is 3. The van der Waals surface area contributed by atoms with E-state index in [1.807, 2.05) is 64.4 Å². The highest BCUT2D eigenvalue weighted by molar-refractivity contribution is 7.13. The Morgan fingerprint density at radius 1 is 0.957 bits per heavy atom. The molecule has 370 valence electrons. The van der Waals surface area contributed by atoms with Crippen molar-refractivity contribution < 1.29 is 38.5 Å². The minimum atomic E-state index is -0.961. The summed E-state index contributed by atoms with van der Waals surface area (Å²) in [6, 6.07) is 19.8. The molecule has 0 radical (unpaired) electrons. The topological polar surface area (TPSA) is 192 Å².